The van der Waals surface area contributed by atoms with E-state index in [0.29, 0.717) is 0 Å². The van der Waals surface area contributed by atoms with Crippen LogP contribution in [-0.4, -0.2) is 37.0 Å². The first-order valence-corrected chi connectivity index (χ1v) is 4.95. The fourth-order valence-electron chi connectivity index (χ4n) is 0.755. The average molecular weight is 247 g/mol. The van der Waals surface area contributed by atoms with Crippen LogP contribution in [0.25, 0.3) is 0 Å². The second-order valence-corrected chi connectivity index (χ2v) is 4.24. The van der Waals surface area contributed by atoms with Crippen LogP contribution in [0.4, 0.5) is 9.59 Å². The molecule has 0 aromatic heterocycles. The lowest BCUT2D eigenvalue weighted by Crippen LogP contribution is -2.42. The van der Waals surface area contributed by atoms with Crippen molar-refractivity contribution >= 4 is 18.2 Å². The monoisotopic (exact) mass is 247 g/mol. The van der Waals surface area contributed by atoms with Crippen LogP contribution in [0.15, 0.2) is 0 Å². The number of rotatable bonds is 2. The zero-order valence-corrected chi connectivity index (χ0v) is 10.5. The van der Waals surface area contributed by atoms with Crippen LogP contribution in [0.1, 0.15) is 27.7 Å². The van der Waals surface area contributed by atoms with E-state index in [1.807, 2.05) is 0 Å². The molecule has 0 aliphatic rings. The number of hydrogen-bond donors (Lipinski definition) is 1. The van der Waals surface area contributed by atoms with E-state index in [1.54, 1.807) is 20.8 Å². The summed E-state index contributed by atoms with van der Waals surface area (Å²) in [7, 11) is 1.07. The van der Waals surface area contributed by atoms with Crippen molar-refractivity contribution in [3.8, 4) is 0 Å². The third kappa shape index (κ3) is 7.15. The van der Waals surface area contributed by atoms with Crippen molar-refractivity contribution in [3.63, 3.8) is 0 Å². The highest BCUT2D eigenvalue weighted by Gasteiger charge is 2.23. The molecule has 0 aromatic carbocycles. The van der Waals surface area contributed by atoms with Gasteiger partial charge < -0.3 is 19.5 Å². The molecule has 0 saturated heterocycles. The van der Waals surface area contributed by atoms with Gasteiger partial charge in [-0.1, -0.05) is 0 Å². The predicted octanol–water partition coefficient (Wildman–Crippen LogP) is 1.21. The molecular weight excluding hydrogens is 230 g/mol. The van der Waals surface area contributed by atoms with E-state index in [0.717, 1.165) is 7.11 Å². The molecule has 0 saturated carbocycles. The Kier molecular flexibility index (Phi) is 5.43. The van der Waals surface area contributed by atoms with Gasteiger partial charge in [0.1, 0.15) is 11.6 Å². The fourth-order valence-corrected chi connectivity index (χ4v) is 0.755. The van der Waals surface area contributed by atoms with Crippen LogP contribution in [0.2, 0.25) is 0 Å². The van der Waals surface area contributed by atoms with Gasteiger partial charge in [-0.3, -0.25) is 0 Å². The molecule has 0 aliphatic heterocycles. The van der Waals surface area contributed by atoms with Crippen molar-refractivity contribution in [2.45, 2.75) is 39.3 Å². The van der Waals surface area contributed by atoms with Crippen molar-refractivity contribution in [2.75, 3.05) is 7.11 Å². The summed E-state index contributed by atoms with van der Waals surface area (Å²) in [6.45, 7) is 6.41. The number of hydrogen-bond acceptors (Lipinski definition) is 6. The van der Waals surface area contributed by atoms with Crippen LogP contribution in [0.5, 0.6) is 0 Å². The molecule has 1 amide bonds. The smallest absolute Gasteiger partial charge is 0.444 e. The van der Waals surface area contributed by atoms with E-state index in [-0.39, 0.29) is 0 Å². The Balaban J connectivity index is 4.17. The van der Waals surface area contributed by atoms with Gasteiger partial charge in [0, 0.05) is 0 Å². The number of methoxy groups -OCH3 is 1. The number of ether oxygens (including phenoxy) is 3. The van der Waals surface area contributed by atoms with Crippen LogP contribution >= 0.6 is 0 Å². The van der Waals surface area contributed by atoms with E-state index in [4.69, 9.17) is 4.74 Å². The lowest BCUT2D eigenvalue weighted by Gasteiger charge is -2.21. The maximum absolute atomic E-state index is 11.3. The lowest BCUT2D eigenvalue weighted by atomic mass is 10.2. The Morgan fingerprint density at radius 3 is 2.12 bits per heavy atom. The third-order valence-corrected chi connectivity index (χ3v) is 1.44. The molecule has 0 heterocycles. The van der Waals surface area contributed by atoms with E-state index in [9.17, 15) is 14.4 Å². The van der Waals surface area contributed by atoms with Gasteiger partial charge in [-0.25, -0.2) is 14.4 Å². The molecule has 0 aliphatic carbocycles. The summed E-state index contributed by atoms with van der Waals surface area (Å²) < 4.78 is 13.3. The van der Waals surface area contributed by atoms with Crippen molar-refractivity contribution in [2.24, 2.45) is 0 Å². The second-order valence-electron chi connectivity index (χ2n) is 4.24. The third-order valence-electron chi connectivity index (χ3n) is 1.44. The maximum Gasteiger partial charge on any atom is 0.515 e. The van der Waals surface area contributed by atoms with Gasteiger partial charge in [0.05, 0.1) is 7.11 Å². The zero-order valence-electron chi connectivity index (χ0n) is 10.5. The SMILES string of the molecule is COC(=O)OC(=O)C(C)NC(=O)OC(C)(C)C. The maximum atomic E-state index is 11.3. The van der Waals surface area contributed by atoms with Crippen molar-refractivity contribution in [1.82, 2.24) is 5.32 Å². The molecule has 0 radical (unpaired) electrons. The Bertz CT molecular complexity index is 306. The van der Waals surface area contributed by atoms with Gasteiger partial charge in [0.2, 0.25) is 0 Å². The number of carbonyl (C=O) groups is 3. The first-order valence-electron chi connectivity index (χ1n) is 4.95. The summed E-state index contributed by atoms with van der Waals surface area (Å²) >= 11 is 0. The average Bonchev–Trinajstić information content (AvgIpc) is 2.14. The Hall–Kier alpha value is -1.79. The van der Waals surface area contributed by atoms with Gasteiger partial charge in [-0.05, 0) is 27.7 Å². The molecule has 1 N–H and O–H groups in total. The summed E-state index contributed by atoms with van der Waals surface area (Å²) in [6, 6.07) is -1.01. The topological polar surface area (TPSA) is 90.9 Å². The Morgan fingerprint density at radius 2 is 1.71 bits per heavy atom. The van der Waals surface area contributed by atoms with Crippen LogP contribution in [0.3, 0.4) is 0 Å². The number of esters is 1. The standard InChI is InChI=1S/C10H17NO6/c1-6(7(12)16-9(14)15-5)11-8(13)17-10(2,3)4/h6H,1-5H3,(H,11,13). The minimum Gasteiger partial charge on any atom is -0.444 e. The highest BCUT2D eigenvalue weighted by Crippen LogP contribution is 2.06. The number of carbonyl (C=O) groups excluding carboxylic acids is 3. The van der Waals surface area contributed by atoms with Crippen molar-refractivity contribution in [3.05, 3.63) is 0 Å². The number of nitrogens with one attached hydrogen (secondary N) is 1. The number of alkyl carbamates (subject to hydrolysis) is 1. The molecule has 7 nitrogen and oxygen atoms in total. The van der Waals surface area contributed by atoms with Gasteiger partial charge in [0.15, 0.2) is 0 Å². The summed E-state index contributed by atoms with van der Waals surface area (Å²) in [6.07, 6.45) is -1.90. The molecule has 1 atom stereocenters. The van der Waals surface area contributed by atoms with E-state index < -0.39 is 29.9 Å². The summed E-state index contributed by atoms with van der Waals surface area (Å²) in [5.41, 5.74) is -0.671. The summed E-state index contributed by atoms with van der Waals surface area (Å²) in [5.74, 6) is -0.928. The second kappa shape index (κ2) is 6.07. The predicted molar refractivity (Wildman–Crippen MR) is 57.3 cm³/mol. The van der Waals surface area contributed by atoms with Crippen LogP contribution < -0.4 is 5.32 Å². The largest absolute Gasteiger partial charge is 0.515 e. The van der Waals surface area contributed by atoms with Gasteiger partial charge >= 0.3 is 18.2 Å². The molecule has 0 bridgehead atoms. The molecule has 17 heavy (non-hydrogen) atoms. The molecular formula is C10H17NO6. The van der Waals surface area contributed by atoms with Crippen molar-refractivity contribution < 1.29 is 28.6 Å². The van der Waals surface area contributed by atoms with Crippen LogP contribution in [-0.2, 0) is 19.0 Å². The van der Waals surface area contributed by atoms with E-state index in [2.05, 4.69) is 14.8 Å². The molecule has 0 aromatic rings. The highest BCUT2D eigenvalue weighted by atomic mass is 16.7. The number of amides is 1. The fraction of sp³-hybridized carbons (Fsp3) is 0.700. The Morgan fingerprint density at radius 1 is 1.18 bits per heavy atom. The summed E-state index contributed by atoms with van der Waals surface area (Å²) in [4.78, 5) is 33.1. The molecule has 1 unspecified atom stereocenters. The minimum atomic E-state index is -1.13. The van der Waals surface area contributed by atoms with Gasteiger partial charge in [-0.2, -0.15) is 0 Å². The quantitative estimate of drug-likeness (QED) is 0.582. The first kappa shape index (κ1) is 15.2. The van der Waals surface area contributed by atoms with Crippen LogP contribution in [0, 0.1) is 0 Å². The first-order chi connectivity index (χ1) is 7.65. The van der Waals surface area contributed by atoms with E-state index in [1.165, 1.54) is 6.92 Å². The van der Waals surface area contributed by atoms with Gasteiger partial charge in [0.25, 0.3) is 0 Å². The van der Waals surface area contributed by atoms with Crippen molar-refractivity contribution in [1.29, 1.82) is 0 Å². The molecule has 98 valence electrons. The highest BCUT2D eigenvalue weighted by molar-refractivity contribution is 5.87. The molecule has 0 spiro atoms. The minimum absolute atomic E-state index is 0.671. The lowest BCUT2D eigenvalue weighted by molar-refractivity contribution is -0.141. The van der Waals surface area contributed by atoms with E-state index >= 15 is 0 Å². The summed E-state index contributed by atoms with van der Waals surface area (Å²) in [5, 5.41) is 2.22. The van der Waals surface area contributed by atoms with Gasteiger partial charge in [-0.15, -0.1) is 0 Å². The Labute approximate surface area is 99.4 Å². The molecule has 0 rings (SSSR count). The molecule has 0 fully saturated rings. The zero-order chi connectivity index (χ0) is 13.6. The normalized spacial score (nSPS) is 12.3. The molecule has 7 heteroatoms.